The highest BCUT2D eigenvalue weighted by Gasteiger charge is 2.37. The zero-order valence-electron chi connectivity index (χ0n) is 14.0. The van der Waals surface area contributed by atoms with Gasteiger partial charge in [-0.15, -0.1) is 0 Å². The first-order chi connectivity index (χ1) is 9.41. The summed E-state index contributed by atoms with van der Waals surface area (Å²) < 4.78 is 0. The van der Waals surface area contributed by atoms with E-state index >= 15 is 0 Å². The highest BCUT2D eigenvalue weighted by Crippen LogP contribution is 2.30. The molecule has 2 atom stereocenters. The lowest BCUT2D eigenvalue weighted by Gasteiger charge is -2.36. The molecule has 2 unspecified atom stereocenters. The topological polar surface area (TPSA) is 44.4 Å². The van der Waals surface area contributed by atoms with E-state index in [1.54, 1.807) is 0 Å². The molecule has 0 aromatic rings. The number of carbonyl (C=O) groups excluding carboxylic acids is 1. The molecule has 0 bridgehead atoms. The third-order valence-corrected chi connectivity index (χ3v) is 4.60. The van der Waals surface area contributed by atoms with Crippen LogP contribution < -0.4 is 10.6 Å². The van der Waals surface area contributed by atoms with Crippen molar-refractivity contribution in [2.45, 2.75) is 52.5 Å². The summed E-state index contributed by atoms with van der Waals surface area (Å²) in [6.07, 6.45) is 4.15. The minimum Gasteiger partial charge on any atom is -0.354 e. The summed E-state index contributed by atoms with van der Waals surface area (Å²) in [5.41, 5.74) is -0.188. The van der Waals surface area contributed by atoms with Crippen molar-refractivity contribution in [3.05, 3.63) is 0 Å². The van der Waals surface area contributed by atoms with Gasteiger partial charge >= 0.3 is 0 Å². The Bertz CT molecular complexity index is 296. The van der Waals surface area contributed by atoms with Crippen LogP contribution in [0.3, 0.4) is 0 Å². The molecule has 0 spiro atoms. The first kappa shape index (κ1) is 17.4. The van der Waals surface area contributed by atoms with Crippen LogP contribution in [0.2, 0.25) is 0 Å². The number of likely N-dealkylation sites (N-methyl/N-ethyl adjacent to an activating group) is 1. The van der Waals surface area contributed by atoms with Crippen molar-refractivity contribution in [1.82, 2.24) is 15.5 Å². The van der Waals surface area contributed by atoms with Crippen molar-refractivity contribution >= 4 is 5.91 Å². The van der Waals surface area contributed by atoms with E-state index in [4.69, 9.17) is 0 Å². The Balaban J connectivity index is 2.55. The van der Waals surface area contributed by atoms with Crippen LogP contribution in [0.4, 0.5) is 0 Å². The minimum atomic E-state index is -0.188. The quantitative estimate of drug-likeness (QED) is 0.749. The molecule has 1 amide bonds. The van der Waals surface area contributed by atoms with E-state index < -0.39 is 0 Å². The van der Waals surface area contributed by atoms with Gasteiger partial charge in [0.15, 0.2) is 0 Å². The Labute approximate surface area is 124 Å². The van der Waals surface area contributed by atoms with Crippen molar-refractivity contribution in [2.75, 3.05) is 33.7 Å². The Morgan fingerprint density at radius 1 is 1.40 bits per heavy atom. The Kier molecular flexibility index (Phi) is 6.96. The predicted molar refractivity (Wildman–Crippen MR) is 84.8 cm³/mol. The first-order valence-electron chi connectivity index (χ1n) is 8.06. The van der Waals surface area contributed by atoms with Crippen molar-refractivity contribution in [3.8, 4) is 0 Å². The summed E-state index contributed by atoms with van der Waals surface area (Å²) in [6, 6.07) is 0.421. The highest BCUT2D eigenvalue weighted by molar-refractivity contribution is 5.83. The summed E-state index contributed by atoms with van der Waals surface area (Å²) in [6.45, 7) is 9.22. The molecule has 1 fully saturated rings. The fourth-order valence-corrected chi connectivity index (χ4v) is 3.04. The average molecular weight is 283 g/mol. The van der Waals surface area contributed by atoms with Gasteiger partial charge in [0.1, 0.15) is 0 Å². The second-order valence-corrected chi connectivity index (χ2v) is 6.87. The molecule has 0 saturated carbocycles. The summed E-state index contributed by atoms with van der Waals surface area (Å²) in [4.78, 5) is 14.8. The summed E-state index contributed by atoms with van der Waals surface area (Å²) in [5.74, 6) is 0.888. The molecule has 0 aromatic carbocycles. The van der Waals surface area contributed by atoms with Crippen molar-refractivity contribution in [2.24, 2.45) is 11.3 Å². The molecule has 1 saturated heterocycles. The van der Waals surface area contributed by atoms with E-state index in [1.807, 2.05) is 0 Å². The van der Waals surface area contributed by atoms with E-state index in [1.165, 1.54) is 0 Å². The minimum absolute atomic E-state index is 0.188. The maximum Gasteiger partial charge on any atom is 0.227 e. The van der Waals surface area contributed by atoms with Gasteiger partial charge in [-0.3, -0.25) is 4.79 Å². The van der Waals surface area contributed by atoms with E-state index in [2.05, 4.69) is 50.4 Å². The van der Waals surface area contributed by atoms with Gasteiger partial charge in [0.2, 0.25) is 5.91 Å². The van der Waals surface area contributed by atoms with Gasteiger partial charge in [-0.2, -0.15) is 0 Å². The standard InChI is InChI=1S/C16H33N3O/c1-6-16(8-7-9-17-12-16)15(20)18-11-14(19(4)5)10-13(2)3/h13-14,17H,6-12H2,1-5H3,(H,18,20). The van der Waals surface area contributed by atoms with Crippen LogP contribution in [0.15, 0.2) is 0 Å². The first-order valence-corrected chi connectivity index (χ1v) is 8.06. The molecule has 4 nitrogen and oxygen atoms in total. The molecule has 1 aliphatic heterocycles. The molecule has 1 aliphatic rings. The van der Waals surface area contributed by atoms with Gasteiger partial charge in [0.05, 0.1) is 5.41 Å². The third kappa shape index (κ3) is 4.74. The number of hydrogen-bond donors (Lipinski definition) is 2. The van der Waals surface area contributed by atoms with Crippen LogP contribution in [0, 0.1) is 11.3 Å². The zero-order valence-corrected chi connectivity index (χ0v) is 14.0. The number of nitrogens with zero attached hydrogens (tertiary/aromatic N) is 1. The Morgan fingerprint density at radius 2 is 2.10 bits per heavy atom. The second-order valence-electron chi connectivity index (χ2n) is 6.87. The predicted octanol–water partition coefficient (Wildman–Crippen LogP) is 1.86. The van der Waals surface area contributed by atoms with Crippen LogP contribution in [0.25, 0.3) is 0 Å². The Hall–Kier alpha value is -0.610. The number of amides is 1. The number of carbonyl (C=O) groups is 1. The monoisotopic (exact) mass is 283 g/mol. The maximum absolute atomic E-state index is 12.6. The van der Waals surface area contributed by atoms with E-state index in [9.17, 15) is 4.79 Å². The number of rotatable bonds is 7. The lowest BCUT2D eigenvalue weighted by molar-refractivity contribution is -0.132. The van der Waals surface area contributed by atoms with E-state index in [0.29, 0.717) is 12.0 Å². The van der Waals surface area contributed by atoms with E-state index in [-0.39, 0.29) is 11.3 Å². The summed E-state index contributed by atoms with van der Waals surface area (Å²) in [7, 11) is 4.19. The van der Waals surface area contributed by atoms with Gasteiger partial charge in [-0.1, -0.05) is 20.8 Å². The Morgan fingerprint density at radius 3 is 2.55 bits per heavy atom. The fraction of sp³-hybridized carbons (Fsp3) is 0.938. The van der Waals surface area contributed by atoms with Gasteiger partial charge in [-0.05, 0) is 52.2 Å². The molecule has 2 N–H and O–H groups in total. The van der Waals surface area contributed by atoms with Crippen LogP contribution in [-0.2, 0) is 4.79 Å². The van der Waals surface area contributed by atoms with Crippen molar-refractivity contribution < 1.29 is 4.79 Å². The van der Waals surface area contributed by atoms with Crippen LogP contribution in [0.1, 0.15) is 46.5 Å². The number of nitrogens with one attached hydrogen (secondary N) is 2. The molecule has 1 heterocycles. The summed E-state index contributed by atoms with van der Waals surface area (Å²) >= 11 is 0. The number of hydrogen-bond acceptors (Lipinski definition) is 3. The van der Waals surface area contributed by atoms with Crippen LogP contribution in [-0.4, -0.2) is 50.6 Å². The molecule has 0 aliphatic carbocycles. The lowest BCUT2D eigenvalue weighted by atomic mass is 9.77. The normalized spacial score (nSPS) is 24.9. The molecule has 0 radical (unpaired) electrons. The maximum atomic E-state index is 12.6. The lowest BCUT2D eigenvalue weighted by Crippen LogP contribution is -2.52. The molecular formula is C16H33N3O. The molecule has 4 heteroatoms. The molecular weight excluding hydrogens is 250 g/mol. The molecule has 20 heavy (non-hydrogen) atoms. The molecule has 118 valence electrons. The van der Waals surface area contributed by atoms with Crippen molar-refractivity contribution in [1.29, 1.82) is 0 Å². The van der Waals surface area contributed by atoms with E-state index in [0.717, 1.165) is 45.3 Å². The van der Waals surface area contributed by atoms with Gasteiger partial charge in [0.25, 0.3) is 0 Å². The number of piperidine rings is 1. The zero-order chi connectivity index (χ0) is 15.2. The van der Waals surface area contributed by atoms with Gasteiger partial charge in [-0.25, -0.2) is 0 Å². The van der Waals surface area contributed by atoms with Crippen LogP contribution >= 0.6 is 0 Å². The molecule has 0 aromatic heterocycles. The SMILES string of the molecule is CCC1(C(=O)NCC(CC(C)C)N(C)C)CCCNC1. The van der Waals surface area contributed by atoms with Crippen molar-refractivity contribution in [3.63, 3.8) is 0 Å². The van der Waals surface area contributed by atoms with Crippen LogP contribution in [0.5, 0.6) is 0 Å². The van der Waals surface area contributed by atoms with Gasteiger partial charge < -0.3 is 15.5 Å². The largest absolute Gasteiger partial charge is 0.354 e. The smallest absolute Gasteiger partial charge is 0.227 e. The molecule has 1 rings (SSSR count). The highest BCUT2D eigenvalue weighted by atomic mass is 16.2. The summed E-state index contributed by atoms with van der Waals surface area (Å²) in [5, 5.41) is 6.59. The van der Waals surface area contributed by atoms with Gasteiger partial charge in [0, 0.05) is 19.1 Å². The second kappa shape index (κ2) is 7.99. The average Bonchev–Trinajstić information content (AvgIpc) is 2.43. The third-order valence-electron chi connectivity index (χ3n) is 4.60. The fourth-order valence-electron chi connectivity index (χ4n) is 3.04.